The maximum Gasteiger partial charge on any atom is 0.273 e. The largest absolute Gasteiger partial charge is 0.473 e. The van der Waals surface area contributed by atoms with Gasteiger partial charge in [0.25, 0.3) is 5.19 Å². The summed E-state index contributed by atoms with van der Waals surface area (Å²) in [6.45, 7) is 4.09. The van der Waals surface area contributed by atoms with Gasteiger partial charge in [-0.2, -0.15) is 0 Å². The first-order chi connectivity index (χ1) is 8.17. The Morgan fingerprint density at radius 1 is 1.29 bits per heavy atom. The molecule has 0 aliphatic carbocycles. The quantitative estimate of drug-likeness (QED) is 0.909. The van der Waals surface area contributed by atoms with Gasteiger partial charge in [0.1, 0.15) is 0 Å². The average Bonchev–Trinajstić information content (AvgIpc) is 2.72. The molecule has 0 fully saturated rings. The van der Waals surface area contributed by atoms with E-state index < -0.39 is 0 Å². The summed E-state index contributed by atoms with van der Waals surface area (Å²) in [7, 11) is 1.59. The van der Waals surface area contributed by atoms with Gasteiger partial charge in [-0.25, -0.2) is 4.98 Å². The zero-order valence-corrected chi connectivity index (χ0v) is 11.0. The molecule has 0 aliphatic rings. The summed E-state index contributed by atoms with van der Waals surface area (Å²) in [6.07, 6.45) is 0. The number of hydrogen-bond donors (Lipinski definition) is 1. The van der Waals surface area contributed by atoms with Crippen LogP contribution in [0.4, 0.5) is 0 Å². The van der Waals surface area contributed by atoms with Gasteiger partial charge in [-0.3, -0.25) is 0 Å². The molecule has 0 aliphatic heterocycles. The third-order valence-corrected chi connectivity index (χ3v) is 3.72. The van der Waals surface area contributed by atoms with E-state index in [-0.39, 0.29) is 6.61 Å². The summed E-state index contributed by atoms with van der Waals surface area (Å²) in [6, 6.07) is 6.13. The van der Waals surface area contributed by atoms with E-state index in [0.29, 0.717) is 5.19 Å². The fraction of sp³-hybridized carbons (Fsp3) is 0.308. The number of aliphatic hydroxyl groups excluding tert-OH is 1. The van der Waals surface area contributed by atoms with E-state index in [2.05, 4.69) is 31.0 Å². The maximum absolute atomic E-state index is 9.39. The van der Waals surface area contributed by atoms with Crippen LogP contribution in [-0.4, -0.2) is 17.2 Å². The van der Waals surface area contributed by atoms with E-state index in [1.807, 2.05) is 6.07 Å². The van der Waals surface area contributed by atoms with Gasteiger partial charge in [0, 0.05) is 5.56 Å². The molecule has 1 aromatic carbocycles. The minimum atomic E-state index is -0.00979. The number of ether oxygens (including phenoxy) is 1. The Morgan fingerprint density at radius 3 is 2.47 bits per heavy atom. The number of aryl methyl sites for hydroxylation is 2. The smallest absolute Gasteiger partial charge is 0.273 e. The van der Waals surface area contributed by atoms with Gasteiger partial charge in [-0.1, -0.05) is 29.5 Å². The standard InChI is InChI=1S/C13H15NO2S/c1-8-5-4-6-9(2)11(8)12-10(7-15)17-13(14-12)16-3/h4-6,15H,7H2,1-3H3. The summed E-state index contributed by atoms with van der Waals surface area (Å²) < 4.78 is 5.13. The van der Waals surface area contributed by atoms with E-state index in [4.69, 9.17) is 4.74 Å². The van der Waals surface area contributed by atoms with Crippen molar-refractivity contribution in [1.82, 2.24) is 4.98 Å². The van der Waals surface area contributed by atoms with Crippen LogP contribution in [0.1, 0.15) is 16.0 Å². The fourth-order valence-electron chi connectivity index (χ4n) is 1.91. The van der Waals surface area contributed by atoms with E-state index in [0.717, 1.165) is 27.3 Å². The van der Waals surface area contributed by atoms with Gasteiger partial charge in [-0.05, 0) is 25.0 Å². The summed E-state index contributed by atoms with van der Waals surface area (Å²) in [5, 5.41) is 9.97. The van der Waals surface area contributed by atoms with Crippen molar-refractivity contribution in [3.8, 4) is 16.5 Å². The van der Waals surface area contributed by atoms with Crippen molar-refractivity contribution in [2.75, 3.05) is 7.11 Å². The van der Waals surface area contributed by atoms with Gasteiger partial charge in [0.15, 0.2) is 0 Å². The first-order valence-corrected chi connectivity index (χ1v) is 6.20. The molecule has 2 rings (SSSR count). The molecule has 0 unspecified atom stereocenters. The van der Waals surface area contributed by atoms with Gasteiger partial charge in [0.2, 0.25) is 0 Å². The Bertz CT molecular complexity index is 514. The molecule has 0 bridgehead atoms. The van der Waals surface area contributed by atoms with E-state index >= 15 is 0 Å². The molecular weight excluding hydrogens is 234 g/mol. The Kier molecular flexibility index (Phi) is 3.45. The molecule has 0 spiro atoms. The van der Waals surface area contributed by atoms with Crippen LogP contribution in [0, 0.1) is 13.8 Å². The number of methoxy groups -OCH3 is 1. The van der Waals surface area contributed by atoms with Crippen molar-refractivity contribution in [3.63, 3.8) is 0 Å². The third-order valence-electron chi connectivity index (χ3n) is 2.71. The lowest BCUT2D eigenvalue weighted by Crippen LogP contribution is -1.92. The van der Waals surface area contributed by atoms with Crippen LogP contribution in [0.15, 0.2) is 18.2 Å². The van der Waals surface area contributed by atoms with E-state index in [9.17, 15) is 5.11 Å². The molecule has 1 heterocycles. The minimum absolute atomic E-state index is 0.00979. The molecule has 0 saturated carbocycles. The Balaban J connectivity index is 2.63. The molecule has 90 valence electrons. The normalized spacial score (nSPS) is 10.6. The lowest BCUT2D eigenvalue weighted by molar-refractivity contribution is 0.286. The van der Waals surface area contributed by atoms with Crippen LogP contribution in [0.5, 0.6) is 5.19 Å². The lowest BCUT2D eigenvalue weighted by Gasteiger charge is -2.08. The highest BCUT2D eigenvalue weighted by atomic mass is 32.1. The number of thiazole rings is 1. The SMILES string of the molecule is COc1nc(-c2c(C)cccc2C)c(CO)s1. The monoisotopic (exact) mass is 249 g/mol. The van der Waals surface area contributed by atoms with Gasteiger partial charge in [0.05, 0.1) is 24.3 Å². The predicted molar refractivity (Wildman–Crippen MR) is 69.5 cm³/mol. The molecule has 0 amide bonds. The molecule has 3 nitrogen and oxygen atoms in total. The molecule has 17 heavy (non-hydrogen) atoms. The highest BCUT2D eigenvalue weighted by molar-refractivity contribution is 7.13. The van der Waals surface area contributed by atoms with Crippen molar-refractivity contribution < 1.29 is 9.84 Å². The lowest BCUT2D eigenvalue weighted by atomic mass is 9.99. The summed E-state index contributed by atoms with van der Waals surface area (Å²) in [5.74, 6) is 0. The van der Waals surface area contributed by atoms with Crippen molar-refractivity contribution in [2.24, 2.45) is 0 Å². The van der Waals surface area contributed by atoms with Gasteiger partial charge < -0.3 is 9.84 Å². The molecule has 1 N–H and O–H groups in total. The second kappa shape index (κ2) is 4.85. The van der Waals surface area contributed by atoms with Crippen molar-refractivity contribution in [1.29, 1.82) is 0 Å². The molecule has 0 atom stereocenters. The molecule has 0 saturated heterocycles. The van der Waals surface area contributed by atoms with Crippen molar-refractivity contribution in [2.45, 2.75) is 20.5 Å². The van der Waals surface area contributed by atoms with E-state index in [1.165, 1.54) is 11.3 Å². The first kappa shape index (κ1) is 12.1. The van der Waals surface area contributed by atoms with Gasteiger partial charge in [-0.15, -0.1) is 0 Å². The highest BCUT2D eigenvalue weighted by Gasteiger charge is 2.16. The second-order valence-electron chi connectivity index (χ2n) is 3.88. The molecule has 4 heteroatoms. The number of benzene rings is 1. The second-order valence-corrected chi connectivity index (χ2v) is 4.93. The van der Waals surface area contributed by atoms with Crippen LogP contribution in [0.25, 0.3) is 11.3 Å². The Hall–Kier alpha value is -1.39. The van der Waals surface area contributed by atoms with Gasteiger partial charge >= 0.3 is 0 Å². The first-order valence-electron chi connectivity index (χ1n) is 5.38. The third kappa shape index (κ3) is 2.18. The van der Waals surface area contributed by atoms with Crippen molar-refractivity contribution >= 4 is 11.3 Å². The van der Waals surface area contributed by atoms with Crippen LogP contribution >= 0.6 is 11.3 Å². The van der Waals surface area contributed by atoms with Crippen LogP contribution < -0.4 is 4.74 Å². The topological polar surface area (TPSA) is 42.4 Å². The average molecular weight is 249 g/mol. The van der Waals surface area contributed by atoms with Crippen molar-refractivity contribution in [3.05, 3.63) is 34.2 Å². The maximum atomic E-state index is 9.39. The van der Waals surface area contributed by atoms with Crippen LogP contribution in [0.2, 0.25) is 0 Å². The molecular formula is C13H15NO2S. The highest BCUT2D eigenvalue weighted by Crippen LogP contribution is 2.35. The zero-order valence-electron chi connectivity index (χ0n) is 10.2. The number of rotatable bonds is 3. The minimum Gasteiger partial charge on any atom is -0.473 e. The number of nitrogens with zero attached hydrogens (tertiary/aromatic N) is 1. The molecule has 2 aromatic rings. The zero-order chi connectivity index (χ0) is 12.4. The molecule has 1 aromatic heterocycles. The summed E-state index contributed by atoms with van der Waals surface area (Å²) in [4.78, 5) is 5.27. The molecule has 0 radical (unpaired) electrons. The predicted octanol–water partition coefficient (Wildman–Crippen LogP) is 2.93. The summed E-state index contributed by atoms with van der Waals surface area (Å²) >= 11 is 1.39. The van der Waals surface area contributed by atoms with E-state index in [1.54, 1.807) is 7.11 Å². The summed E-state index contributed by atoms with van der Waals surface area (Å²) in [5.41, 5.74) is 4.25. The fourth-order valence-corrected chi connectivity index (χ4v) is 2.65. The Morgan fingerprint density at radius 2 is 1.94 bits per heavy atom. The number of aromatic nitrogens is 1. The van der Waals surface area contributed by atoms with Crippen LogP contribution in [0.3, 0.4) is 0 Å². The number of aliphatic hydroxyl groups is 1. The Labute approximate surface area is 105 Å². The number of hydrogen-bond acceptors (Lipinski definition) is 4. The van der Waals surface area contributed by atoms with Crippen LogP contribution in [-0.2, 0) is 6.61 Å².